The first-order chi connectivity index (χ1) is 14.1. The molecule has 0 bridgehead atoms. The third kappa shape index (κ3) is 5.27. The minimum atomic E-state index is -3.48. The molecule has 1 aromatic carbocycles. The van der Waals surface area contributed by atoms with Gasteiger partial charge in [0.1, 0.15) is 0 Å². The second-order valence-electron chi connectivity index (χ2n) is 6.67. The normalized spacial score (nSPS) is 14.7. The second kappa shape index (κ2) is 8.83. The fraction of sp³-hybridized carbons (Fsp3) is 0.316. The molecule has 29 heavy (non-hydrogen) atoms. The molecular weight excluding hydrogens is 408 g/mol. The van der Waals surface area contributed by atoms with Gasteiger partial charge >= 0.3 is 0 Å². The molecule has 1 fully saturated rings. The van der Waals surface area contributed by atoms with Crippen molar-refractivity contribution < 1.29 is 8.42 Å². The molecule has 152 valence electrons. The fourth-order valence-corrected chi connectivity index (χ4v) is 5.00. The standard InChI is InChI=1S/C19H22N6O2S2/c26-29(27,11-6-16-4-2-1-3-5-16)23-17-12-22-25(15-17)19-20-13-18(14-21-19)24-7-9-28-10-8-24/h1-5,12-15,23H,6-11H2. The summed E-state index contributed by atoms with van der Waals surface area (Å²) in [6.07, 6.45) is 7.04. The predicted molar refractivity (Wildman–Crippen MR) is 116 cm³/mol. The van der Waals surface area contributed by atoms with Crippen LogP contribution in [0.4, 0.5) is 11.4 Å². The summed E-state index contributed by atoms with van der Waals surface area (Å²) in [5.74, 6) is 2.61. The van der Waals surface area contributed by atoms with Gasteiger partial charge in [0.05, 0.1) is 41.9 Å². The lowest BCUT2D eigenvalue weighted by molar-refractivity contribution is 0.600. The highest BCUT2D eigenvalue weighted by molar-refractivity contribution is 7.99. The van der Waals surface area contributed by atoms with E-state index in [1.165, 1.54) is 10.9 Å². The number of rotatable bonds is 7. The van der Waals surface area contributed by atoms with E-state index in [1.807, 2.05) is 42.1 Å². The Labute approximate surface area is 174 Å². The Balaban J connectivity index is 1.38. The molecule has 0 saturated carbocycles. The van der Waals surface area contributed by atoms with E-state index in [-0.39, 0.29) is 5.75 Å². The van der Waals surface area contributed by atoms with E-state index in [0.717, 1.165) is 35.8 Å². The maximum absolute atomic E-state index is 12.4. The molecule has 1 aliphatic rings. The number of anilines is 2. The summed E-state index contributed by atoms with van der Waals surface area (Å²) >= 11 is 1.95. The molecule has 3 heterocycles. The van der Waals surface area contributed by atoms with Gasteiger partial charge in [0.2, 0.25) is 10.0 Å². The molecule has 0 unspecified atom stereocenters. The van der Waals surface area contributed by atoms with Gasteiger partial charge in [-0.1, -0.05) is 30.3 Å². The van der Waals surface area contributed by atoms with Crippen LogP contribution in [0.1, 0.15) is 5.56 Å². The van der Waals surface area contributed by atoms with E-state index >= 15 is 0 Å². The topological polar surface area (TPSA) is 93.0 Å². The highest BCUT2D eigenvalue weighted by Crippen LogP contribution is 2.18. The van der Waals surface area contributed by atoms with Gasteiger partial charge < -0.3 is 4.90 Å². The highest BCUT2D eigenvalue weighted by Gasteiger charge is 2.14. The Morgan fingerprint density at radius 2 is 1.76 bits per heavy atom. The molecule has 1 aliphatic heterocycles. The van der Waals surface area contributed by atoms with Crippen molar-refractivity contribution in [3.8, 4) is 5.95 Å². The zero-order valence-electron chi connectivity index (χ0n) is 15.8. The molecule has 3 aromatic rings. The Hall–Kier alpha value is -2.59. The van der Waals surface area contributed by atoms with Crippen molar-refractivity contribution in [2.24, 2.45) is 0 Å². The van der Waals surface area contributed by atoms with Crippen molar-refractivity contribution in [2.75, 3.05) is 40.0 Å². The molecule has 0 radical (unpaired) electrons. The molecule has 0 amide bonds. The number of sulfonamides is 1. The summed E-state index contributed by atoms with van der Waals surface area (Å²) in [6.45, 7) is 1.98. The summed E-state index contributed by atoms with van der Waals surface area (Å²) < 4.78 is 28.7. The van der Waals surface area contributed by atoms with E-state index < -0.39 is 10.0 Å². The van der Waals surface area contributed by atoms with E-state index in [0.29, 0.717) is 18.1 Å². The smallest absolute Gasteiger partial charge is 0.250 e. The summed E-state index contributed by atoms with van der Waals surface area (Å²) in [4.78, 5) is 11.0. The summed E-state index contributed by atoms with van der Waals surface area (Å²) in [7, 11) is -3.48. The quantitative estimate of drug-likeness (QED) is 0.614. The molecule has 0 aliphatic carbocycles. The van der Waals surface area contributed by atoms with Gasteiger partial charge in [0.25, 0.3) is 5.95 Å². The van der Waals surface area contributed by atoms with Gasteiger partial charge in [-0.05, 0) is 12.0 Å². The number of aryl methyl sites for hydroxylation is 1. The average Bonchev–Trinajstić information content (AvgIpc) is 3.22. The average molecular weight is 431 g/mol. The largest absolute Gasteiger partial charge is 0.367 e. The van der Waals surface area contributed by atoms with Crippen molar-refractivity contribution in [1.82, 2.24) is 19.7 Å². The predicted octanol–water partition coefficient (Wildman–Crippen LogP) is 2.20. The van der Waals surface area contributed by atoms with Crippen LogP contribution in [-0.2, 0) is 16.4 Å². The lowest BCUT2D eigenvalue weighted by atomic mass is 10.2. The SMILES string of the molecule is O=S(=O)(CCc1ccccc1)Nc1cnn(-c2ncc(N3CCSCC3)cn2)c1. The number of hydrogen-bond donors (Lipinski definition) is 1. The third-order valence-electron chi connectivity index (χ3n) is 4.56. The number of nitrogens with one attached hydrogen (secondary N) is 1. The zero-order chi connectivity index (χ0) is 20.1. The highest BCUT2D eigenvalue weighted by atomic mass is 32.2. The van der Waals surface area contributed by atoms with Gasteiger partial charge in [-0.3, -0.25) is 4.72 Å². The maximum Gasteiger partial charge on any atom is 0.250 e. The van der Waals surface area contributed by atoms with E-state index in [9.17, 15) is 8.42 Å². The van der Waals surface area contributed by atoms with Crippen LogP contribution in [0.5, 0.6) is 0 Å². The van der Waals surface area contributed by atoms with Gasteiger partial charge in [0, 0.05) is 24.6 Å². The number of hydrogen-bond acceptors (Lipinski definition) is 7. The molecular formula is C19H22N6O2S2. The molecule has 1 N–H and O–H groups in total. The minimum Gasteiger partial charge on any atom is -0.367 e. The minimum absolute atomic E-state index is 0.00150. The van der Waals surface area contributed by atoms with Crippen LogP contribution in [0.15, 0.2) is 55.1 Å². The van der Waals surface area contributed by atoms with Gasteiger partial charge in [0.15, 0.2) is 0 Å². The van der Waals surface area contributed by atoms with Crippen LogP contribution in [0.25, 0.3) is 5.95 Å². The van der Waals surface area contributed by atoms with E-state index in [2.05, 4.69) is 24.7 Å². The fourth-order valence-electron chi connectivity index (χ4n) is 3.03. The van der Waals surface area contributed by atoms with Crippen molar-refractivity contribution >= 4 is 33.2 Å². The lowest BCUT2D eigenvalue weighted by Crippen LogP contribution is -2.32. The Morgan fingerprint density at radius 3 is 2.48 bits per heavy atom. The van der Waals surface area contributed by atoms with Crippen molar-refractivity contribution in [3.63, 3.8) is 0 Å². The Kier molecular flexibility index (Phi) is 6.00. The number of nitrogens with zero attached hydrogens (tertiary/aromatic N) is 5. The lowest BCUT2D eigenvalue weighted by Gasteiger charge is -2.27. The molecule has 4 rings (SSSR count). The number of thioether (sulfide) groups is 1. The third-order valence-corrected chi connectivity index (χ3v) is 6.79. The zero-order valence-corrected chi connectivity index (χ0v) is 17.4. The monoisotopic (exact) mass is 430 g/mol. The first kappa shape index (κ1) is 19.7. The van der Waals surface area contributed by atoms with Crippen LogP contribution < -0.4 is 9.62 Å². The van der Waals surface area contributed by atoms with Gasteiger partial charge in [-0.2, -0.15) is 16.9 Å². The number of benzene rings is 1. The van der Waals surface area contributed by atoms with Crippen molar-refractivity contribution in [1.29, 1.82) is 0 Å². The van der Waals surface area contributed by atoms with Gasteiger partial charge in [-0.15, -0.1) is 0 Å². The molecule has 1 saturated heterocycles. The van der Waals surface area contributed by atoms with Crippen molar-refractivity contribution in [3.05, 3.63) is 60.7 Å². The number of aromatic nitrogens is 4. The van der Waals surface area contributed by atoms with Crippen LogP contribution in [0.3, 0.4) is 0 Å². The Morgan fingerprint density at radius 1 is 1.03 bits per heavy atom. The van der Waals surface area contributed by atoms with Crippen molar-refractivity contribution in [2.45, 2.75) is 6.42 Å². The van der Waals surface area contributed by atoms with E-state index in [4.69, 9.17) is 0 Å². The molecule has 2 aromatic heterocycles. The second-order valence-corrected chi connectivity index (χ2v) is 9.74. The van der Waals surface area contributed by atoms with Crippen LogP contribution >= 0.6 is 11.8 Å². The van der Waals surface area contributed by atoms with E-state index in [1.54, 1.807) is 18.6 Å². The van der Waals surface area contributed by atoms with Crippen LogP contribution in [0.2, 0.25) is 0 Å². The summed E-state index contributed by atoms with van der Waals surface area (Å²) in [6, 6.07) is 9.53. The van der Waals surface area contributed by atoms with Gasteiger partial charge in [-0.25, -0.2) is 23.1 Å². The van der Waals surface area contributed by atoms with Crippen LogP contribution in [-0.4, -0.2) is 58.5 Å². The molecule has 0 spiro atoms. The molecule has 8 nitrogen and oxygen atoms in total. The maximum atomic E-state index is 12.4. The summed E-state index contributed by atoms with van der Waals surface area (Å²) in [5.41, 5.74) is 2.36. The molecule has 0 atom stereocenters. The summed E-state index contributed by atoms with van der Waals surface area (Å²) in [5, 5.41) is 4.18. The first-order valence-electron chi connectivity index (χ1n) is 9.33. The van der Waals surface area contributed by atoms with Crippen LogP contribution in [0, 0.1) is 0 Å². The first-order valence-corrected chi connectivity index (χ1v) is 12.1. The Bertz CT molecular complexity index is 1030. The molecule has 10 heteroatoms.